The Morgan fingerprint density at radius 1 is 1.05 bits per heavy atom. The van der Waals surface area contributed by atoms with Crippen LogP contribution in [0.15, 0.2) is 48.6 Å². The van der Waals surface area contributed by atoms with Crippen molar-refractivity contribution in [3.8, 4) is 5.75 Å². The summed E-state index contributed by atoms with van der Waals surface area (Å²) < 4.78 is 48.6. The number of halogens is 1. The Morgan fingerprint density at radius 3 is 2.60 bits per heavy atom. The molecule has 1 N–H and O–H groups in total. The van der Waals surface area contributed by atoms with E-state index in [1.807, 2.05) is 32.2 Å². The van der Waals surface area contributed by atoms with Gasteiger partial charge in [-0.1, -0.05) is 36.7 Å². The first-order valence-corrected chi connectivity index (χ1v) is 22.2. The van der Waals surface area contributed by atoms with Crippen LogP contribution in [0.1, 0.15) is 81.3 Å². The number of allylic oxidation sites excluding steroid dienone is 1. The van der Waals surface area contributed by atoms with Crippen LogP contribution in [0.3, 0.4) is 0 Å². The van der Waals surface area contributed by atoms with Crippen LogP contribution in [0.25, 0.3) is 0 Å². The smallest absolute Gasteiger partial charge is 0.264 e. The van der Waals surface area contributed by atoms with Crippen LogP contribution < -0.4 is 14.4 Å². The summed E-state index contributed by atoms with van der Waals surface area (Å²) in [5.74, 6) is 0.415. The molecule has 1 saturated carbocycles. The van der Waals surface area contributed by atoms with Crippen LogP contribution in [0, 0.1) is 17.8 Å². The van der Waals surface area contributed by atoms with E-state index < -0.39 is 26.8 Å². The topological polar surface area (TPSA) is 101 Å². The second-order valence-corrected chi connectivity index (χ2v) is 20.2. The number of amides is 1. The molecule has 2 bridgehead atoms. The van der Waals surface area contributed by atoms with E-state index in [4.69, 9.17) is 25.8 Å². The van der Waals surface area contributed by atoms with E-state index in [-0.39, 0.29) is 22.8 Å². The summed E-state index contributed by atoms with van der Waals surface area (Å²) in [4.78, 5) is 21.2. The second kappa shape index (κ2) is 15.9. The number of carbonyl (C=O) groups is 1. The van der Waals surface area contributed by atoms with Gasteiger partial charge in [0.25, 0.3) is 5.91 Å². The third-order valence-electron chi connectivity index (χ3n) is 13.8. The molecule has 0 radical (unpaired) electrons. The SMILES string of the molecule is COCCN1CCN(C[C@]2(OC)/C=C/C[C@H](C)[C@@H](C)S(=O)(=O)NC(=O)c3ccc4c(c3)N(C[C@@H]3CC[C@H]32)C[C@@]2(CCCc3cc(Cl)ccc32)CO4)CC1(C)C. The number of hydrogen-bond donors (Lipinski definition) is 1. The number of methoxy groups -OCH3 is 2. The average molecular weight is 798 g/mol. The lowest BCUT2D eigenvalue weighted by atomic mass is 9.63. The fourth-order valence-corrected chi connectivity index (χ4v) is 11.7. The van der Waals surface area contributed by atoms with Crippen molar-refractivity contribution in [2.24, 2.45) is 17.8 Å². The quantitative estimate of drug-likeness (QED) is 0.338. The molecule has 302 valence electrons. The van der Waals surface area contributed by atoms with Gasteiger partial charge in [0, 0.05) is 81.6 Å². The minimum absolute atomic E-state index is 0.0300. The number of fused-ring (bicyclic) bond motifs is 4. The Kier molecular flexibility index (Phi) is 11.7. The molecular weight excluding hydrogens is 736 g/mol. The van der Waals surface area contributed by atoms with Crippen molar-refractivity contribution in [3.63, 3.8) is 0 Å². The molecule has 6 atom stereocenters. The number of aryl methyl sites for hydroxylation is 1. The largest absolute Gasteiger partial charge is 0.490 e. The lowest BCUT2D eigenvalue weighted by Crippen LogP contribution is -2.64. The highest BCUT2D eigenvalue weighted by molar-refractivity contribution is 7.90. The van der Waals surface area contributed by atoms with E-state index in [2.05, 4.69) is 57.6 Å². The number of hydrogen-bond acceptors (Lipinski definition) is 9. The molecule has 1 saturated heterocycles. The maximum atomic E-state index is 13.7. The van der Waals surface area contributed by atoms with Gasteiger partial charge in [-0.2, -0.15) is 0 Å². The predicted octanol–water partition coefficient (Wildman–Crippen LogP) is 6.31. The Morgan fingerprint density at radius 2 is 1.87 bits per heavy atom. The summed E-state index contributed by atoms with van der Waals surface area (Å²) in [6.45, 7) is 15.4. The first-order chi connectivity index (χ1) is 26.2. The highest BCUT2D eigenvalue weighted by atomic mass is 35.5. The van der Waals surface area contributed by atoms with Crippen LogP contribution >= 0.6 is 11.6 Å². The van der Waals surface area contributed by atoms with Gasteiger partial charge in [0.1, 0.15) is 11.4 Å². The number of anilines is 1. The highest BCUT2D eigenvalue weighted by Crippen LogP contribution is 2.49. The molecule has 7 rings (SSSR count). The first-order valence-electron chi connectivity index (χ1n) is 20.2. The predicted molar refractivity (Wildman–Crippen MR) is 219 cm³/mol. The number of sulfonamides is 1. The Bertz CT molecular complexity index is 1870. The molecule has 0 unspecified atom stereocenters. The summed E-state index contributed by atoms with van der Waals surface area (Å²) in [6.07, 6.45) is 10.0. The number of nitrogens with zero attached hydrogens (tertiary/aromatic N) is 3. The van der Waals surface area contributed by atoms with Crippen molar-refractivity contribution in [1.29, 1.82) is 0 Å². The fourth-order valence-electron chi connectivity index (χ4n) is 10.2. The Labute approximate surface area is 333 Å². The van der Waals surface area contributed by atoms with Crippen LogP contribution in [-0.2, 0) is 31.3 Å². The summed E-state index contributed by atoms with van der Waals surface area (Å²) >= 11 is 6.52. The van der Waals surface area contributed by atoms with E-state index in [1.165, 1.54) is 11.1 Å². The number of rotatable bonds is 6. The molecule has 12 heteroatoms. The highest BCUT2D eigenvalue weighted by Gasteiger charge is 2.50. The lowest BCUT2D eigenvalue weighted by molar-refractivity contribution is -0.105. The van der Waals surface area contributed by atoms with E-state index in [9.17, 15) is 13.2 Å². The van der Waals surface area contributed by atoms with Gasteiger partial charge in [-0.25, -0.2) is 13.1 Å². The molecule has 2 aliphatic carbocycles. The molecule has 55 heavy (non-hydrogen) atoms. The maximum Gasteiger partial charge on any atom is 0.264 e. The van der Waals surface area contributed by atoms with E-state index >= 15 is 0 Å². The van der Waals surface area contributed by atoms with Crippen molar-refractivity contribution >= 4 is 33.2 Å². The number of nitrogens with one attached hydrogen (secondary N) is 1. The van der Waals surface area contributed by atoms with Crippen molar-refractivity contribution < 1.29 is 27.4 Å². The van der Waals surface area contributed by atoms with E-state index in [0.717, 1.165) is 82.1 Å². The van der Waals surface area contributed by atoms with Gasteiger partial charge < -0.3 is 19.1 Å². The van der Waals surface area contributed by atoms with Gasteiger partial charge in [-0.05, 0) is 119 Å². The van der Waals surface area contributed by atoms with Crippen LogP contribution in [0.4, 0.5) is 5.69 Å². The third-order valence-corrected chi connectivity index (χ3v) is 16.0. The normalized spacial score (nSPS) is 33.0. The molecule has 10 nitrogen and oxygen atoms in total. The van der Waals surface area contributed by atoms with Crippen molar-refractivity contribution in [2.45, 2.75) is 88.0 Å². The Balaban J connectivity index is 1.28. The molecule has 1 spiro atoms. The first kappa shape index (κ1) is 40.5. The van der Waals surface area contributed by atoms with Gasteiger partial charge >= 0.3 is 0 Å². The summed E-state index contributed by atoms with van der Waals surface area (Å²) in [7, 11) is -0.357. The maximum absolute atomic E-state index is 13.7. The zero-order valence-corrected chi connectivity index (χ0v) is 35.2. The van der Waals surface area contributed by atoms with Gasteiger partial charge in [0.15, 0.2) is 0 Å². The molecule has 0 aromatic heterocycles. The summed E-state index contributed by atoms with van der Waals surface area (Å²) in [5.41, 5.74) is 2.81. The van der Waals surface area contributed by atoms with Gasteiger partial charge in [-0.15, -0.1) is 0 Å². The number of carbonyl (C=O) groups excluding carboxylic acids is 1. The van der Waals surface area contributed by atoms with Crippen molar-refractivity contribution in [3.05, 3.63) is 70.3 Å². The fraction of sp³-hybridized carbons (Fsp3) is 0.651. The number of benzene rings is 2. The molecule has 3 aliphatic heterocycles. The Hall–Kier alpha value is -2.67. The minimum atomic E-state index is -3.97. The third kappa shape index (κ3) is 8.08. The van der Waals surface area contributed by atoms with Gasteiger partial charge in [0.05, 0.1) is 24.2 Å². The van der Waals surface area contributed by atoms with Gasteiger partial charge in [-0.3, -0.25) is 14.6 Å². The molecule has 2 aromatic carbocycles. The summed E-state index contributed by atoms with van der Waals surface area (Å²) in [5, 5.41) is -0.0437. The lowest BCUT2D eigenvalue weighted by Gasteiger charge is -2.54. The zero-order valence-electron chi connectivity index (χ0n) is 33.6. The van der Waals surface area contributed by atoms with Crippen molar-refractivity contribution in [2.75, 3.05) is 78.1 Å². The van der Waals surface area contributed by atoms with Crippen LogP contribution in [0.2, 0.25) is 5.02 Å². The molecule has 1 amide bonds. The van der Waals surface area contributed by atoms with E-state index in [1.54, 1.807) is 20.1 Å². The van der Waals surface area contributed by atoms with E-state index in [0.29, 0.717) is 43.4 Å². The molecule has 5 aliphatic rings. The number of ether oxygens (including phenoxy) is 3. The number of piperazine rings is 1. The minimum Gasteiger partial charge on any atom is -0.490 e. The van der Waals surface area contributed by atoms with Crippen LogP contribution in [-0.4, -0.2) is 114 Å². The van der Waals surface area contributed by atoms with Crippen LogP contribution in [0.5, 0.6) is 5.75 Å². The summed E-state index contributed by atoms with van der Waals surface area (Å²) in [6, 6.07) is 11.7. The standard InChI is InChI=1S/C43H61ClN4O6S/c1-30-9-7-18-43(53-6,28-46-19-20-48(21-22-52-5)41(3,4)26-46)37-14-11-34(37)25-47-27-42(17-8-10-32-23-35(44)13-15-36(32)42)29-54-39-16-12-33(24-38(39)47)40(49)45-55(50,51)31(30)2/h7,12-13,15-16,18,23-24,30-31,34,37H,8-11,14,17,19-22,25-29H2,1-6H3,(H,45,49)/b18-7+/t30-,31+,34-,37+,42-,43+/m0/s1. The van der Waals surface area contributed by atoms with Crippen molar-refractivity contribution in [1.82, 2.24) is 14.5 Å². The second-order valence-electron chi connectivity index (χ2n) is 17.7. The molecule has 3 heterocycles. The molecule has 2 aromatic rings. The van der Waals surface area contributed by atoms with Gasteiger partial charge in [0.2, 0.25) is 10.0 Å². The average Bonchev–Trinajstić information content (AvgIpc) is 3.28. The molecule has 2 fully saturated rings. The molecular formula is C43H61ClN4O6S. The zero-order chi connectivity index (χ0) is 39.2. The monoisotopic (exact) mass is 796 g/mol.